The molecule has 0 atom stereocenters. The van der Waals surface area contributed by atoms with Gasteiger partial charge in [0, 0.05) is 57.5 Å². The molecule has 1 aromatic carbocycles. The molecule has 0 amide bonds. The molecule has 2 aromatic heterocycles. The summed E-state index contributed by atoms with van der Waals surface area (Å²) in [5.41, 5.74) is 2.86. The summed E-state index contributed by atoms with van der Waals surface area (Å²) in [6.45, 7) is 5.08. The summed E-state index contributed by atoms with van der Waals surface area (Å²) in [5, 5.41) is 11.5. The van der Waals surface area contributed by atoms with Gasteiger partial charge in [-0.25, -0.2) is 0 Å². The normalized spacial score (nSPS) is 15.8. The van der Waals surface area contributed by atoms with E-state index in [1.54, 1.807) is 13.3 Å². The molecule has 1 N–H and O–H groups in total. The van der Waals surface area contributed by atoms with E-state index in [0.717, 1.165) is 61.4 Å². The van der Waals surface area contributed by atoms with Crippen molar-refractivity contribution in [3.8, 4) is 11.3 Å². The van der Waals surface area contributed by atoms with E-state index in [-0.39, 0.29) is 0 Å². The van der Waals surface area contributed by atoms with Gasteiger partial charge in [-0.1, -0.05) is 40.6 Å². The van der Waals surface area contributed by atoms with Gasteiger partial charge in [-0.2, -0.15) is 0 Å². The number of guanidine groups is 1. The van der Waals surface area contributed by atoms with E-state index >= 15 is 0 Å². The molecular formula is C20H24N6O2. The number of nitrogens with zero attached hydrogens (tertiary/aromatic N) is 5. The second-order valence-electron chi connectivity index (χ2n) is 6.70. The highest BCUT2D eigenvalue weighted by Crippen LogP contribution is 2.18. The highest BCUT2D eigenvalue weighted by molar-refractivity contribution is 5.80. The van der Waals surface area contributed by atoms with Gasteiger partial charge >= 0.3 is 0 Å². The van der Waals surface area contributed by atoms with Crippen LogP contribution in [0.2, 0.25) is 0 Å². The standard InChI is InChI=1S/C20H24N6O2/c1-21-20(26-10-8-25(9-11-26)15-17-7-12-27-23-17)22-14-18-13-19(24-28-18)16-5-3-2-4-6-16/h2-7,12-13H,8-11,14-15H2,1H3,(H,21,22). The van der Waals surface area contributed by atoms with Crippen molar-refractivity contribution in [2.24, 2.45) is 4.99 Å². The Labute approximate surface area is 163 Å². The van der Waals surface area contributed by atoms with Crippen LogP contribution in [0.15, 0.2) is 62.8 Å². The first kappa shape index (κ1) is 18.2. The van der Waals surface area contributed by atoms with Gasteiger partial charge in [0.15, 0.2) is 11.7 Å². The Morgan fingerprint density at radius 3 is 2.64 bits per heavy atom. The van der Waals surface area contributed by atoms with Crippen LogP contribution in [0, 0.1) is 0 Å². The van der Waals surface area contributed by atoms with Crippen LogP contribution in [0.4, 0.5) is 0 Å². The molecule has 0 spiro atoms. The Balaban J connectivity index is 1.28. The highest BCUT2D eigenvalue weighted by Gasteiger charge is 2.20. The van der Waals surface area contributed by atoms with Crippen LogP contribution < -0.4 is 5.32 Å². The molecule has 1 aliphatic rings. The van der Waals surface area contributed by atoms with E-state index in [9.17, 15) is 0 Å². The number of hydrogen-bond donors (Lipinski definition) is 1. The average molecular weight is 380 g/mol. The molecule has 0 unspecified atom stereocenters. The van der Waals surface area contributed by atoms with Crippen LogP contribution in [-0.4, -0.2) is 59.3 Å². The number of benzene rings is 1. The van der Waals surface area contributed by atoms with Crippen LogP contribution in [0.1, 0.15) is 11.5 Å². The molecule has 0 saturated carbocycles. The minimum absolute atomic E-state index is 0.547. The Morgan fingerprint density at radius 2 is 1.93 bits per heavy atom. The van der Waals surface area contributed by atoms with E-state index in [2.05, 4.69) is 30.4 Å². The molecule has 1 fully saturated rings. The van der Waals surface area contributed by atoms with Gasteiger partial charge in [0.1, 0.15) is 12.0 Å². The van der Waals surface area contributed by atoms with Gasteiger partial charge in [-0.05, 0) is 0 Å². The van der Waals surface area contributed by atoms with Crippen molar-refractivity contribution in [1.29, 1.82) is 0 Å². The topological polar surface area (TPSA) is 82.9 Å². The summed E-state index contributed by atoms with van der Waals surface area (Å²) in [4.78, 5) is 9.04. The Hall–Kier alpha value is -3.13. The predicted molar refractivity (Wildman–Crippen MR) is 105 cm³/mol. The zero-order valence-corrected chi connectivity index (χ0v) is 15.9. The Bertz CT molecular complexity index is 883. The first-order chi connectivity index (χ1) is 13.8. The lowest BCUT2D eigenvalue weighted by Gasteiger charge is -2.36. The van der Waals surface area contributed by atoms with Crippen molar-refractivity contribution < 1.29 is 9.05 Å². The maximum Gasteiger partial charge on any atom is 0.194 e. The molecule has 0 bridgehead atoms. The summed E-state index contributed by atoms with van der Waals surface area (Å²) in [5.74, 6) is 1.66. The molecule has 8 heteroatoms. The van der Waals surface area contributed by atoms with E-state index in [0.29, 0.717) is 6.54 Å². The molecule has 8 nitrogen and oxygen atoms in total. The number of piperazine rings is 1. The number of hydrogen-bond acceptors (Lipinski definition) is 6. The van der Waals surface area contributed by atoms with Gasteiger partial charge in [0.05, 0.1) is 12.2 Å². The number of nitrogens with one attached hydrogen (secondary N) is 1. The molecular weight excluding hydrogens is 356 g/mol. The second-order valence-corrected chi connectivity index (χ2v) is 6.70. The van der Waals surface area contributed by atoms with E-state index < -0.39 is 0 Å². The fourth-order valence-electron chi connectivity index (χ4n) is 3.31. The lowest BCUT2D eigenvalue weighted by atomic mass is 10.1. The fraction of sp³-hybridized carbons (Fsp3) is 0.350. The molecule has 1 aliphatic heterocycles. The zero-order valence-electron chi connectivity index (χ0n) is 15.9. The highest BCUT2D eigenvalue weighted by atomic mass is 16.5. The van der Waals surface area contributed by atoms with Crippen molar-refractivity contribution in [1.82, 2.24) is 25.4 Å². The third-order valence-electron chi connectivity index (χ3n) is 4.81. The Kier molecular flexibility index (Phi) is 5.67. The van der Waals surface area contributed by atoms with Crippen molar-refractivity contribution in [2.75, 3.05) is 33.2 Å². The van der Waals surface area contributed by atoms with Crippen LogP contribution in [0.25, 0.3) is 11.3 Å². The smallest absolute Gasteiger partial charge is 0.194 e. The number of rotatable bonds is 5. The second kappa shape index (κ2) is 8.71. The van der Waals surface area contributed by atoms with Gasteiger partial charge in [-0.15, -0.1) is 0 Å². The molecule has 0 radical (unpaired) electrons. The van der Waals surface area contributed by atoms with Crippen molar-refractivity contribution in [3.63, 3.8) is 0 Å². The zero-order chi connectivity index (χ0) is 19.2. The maximum atomic E-state index is 5.47. The SMILES string of the molecule is CN=C(NCc1cc(-c2ccccc2)no1)N1CCN(Cc2ccon2)CC1. The van der Waals surface area contributed by atoms with Gasteiger partial charge in [0.25, 0.3) is 0 Å². The monoisotopic (exact) mass is 380 g/mol. The largest absolute Gasteiger partial charge is 0.364 e. The first-order valence-electron chi connectivity index (χ1n) is 9.40. The quantitative estimate of drug-likeness (QED) is 0.537. The number of aliphatic imine (C=N–C) groups is 1. The minimum Gasteiger partial charge on any atom is -0.364 e. The van der Waals surface area contributed by atoms with E-state index in [1.165, 1.54) is 0 Å². The minimum atomic E-state index is 0.547. The molecule has 3 aromatic rings. The van der Waals surface area contributed by atoms with E-state index in [1.807, 2.05) is 42.5 Å². The lowest BCUT2D eigenvalue weighted by Crippen LogP contribution is -2.52. The van der Waals surface area contributed by atoms with Crippen LogP contribution in [-0.2, 0) is 13.1 Å². The fourth-order valence-corrected chi connectivity index (χ4v) is 3.31. The molecule has 4 rings (SSSR count). The van der Waals surface area contributed by atoms with Gasteiger partial charge in [0.2, 0.25) is 0 Å². The third kappa shape index (κ3) is 4.40. The lowest BCUT2D eigenvalue weighted by molar-refractivity contribution is 0.168. The summed E-state index contributed by atoms with van der Waals surface area (Å²) in [6.07, 6.45) is 1.62. The van der Waals surface area contributed by atoms with Crippen LogP contribution in [0.3, 0.4) is 0 Å². The summed E-state index contributed by atoms with van der Waals surface area (Å²) >= 11 is 0. The molecule has 28 heavy (non-hydrogen) atoms. The van der Waals surface area contributed by atoms with Crippen LogP contribution >= 0.6 is 0 Å². The maximum absolute atomic E-state index is 5.47. The predicted octanol–water partition coefficient (Wildman–Crippen LogP) is 2.22. The van der Waals surface area contributed by atoms with Gasteiger partial charge < -0.3 is 19.3 Å². The van der Waals surface area contributed by atoms with Crippen LogP contribution in [0.5, 0.6) is 0 Å². The summed E-state index contributed by atoms with van der Waals surface area (Å²) in [6, 6.07) is 13.9. The molecule has 1 saturated heterocycles. The number of aromatic nitrogens is 2. The third-order valence-corrected chi connectivity index (χ3v) is 4.81. The first-order valence-corrected chi connectivity index (χ1v) is 9.40. The summed E-state index contributed by atoms with van der Waals surface area (Å²) in [7, 11) is 1.81. The van der Waals surface area contributed by atoms with E-state index in [4.69, 9.17) is 9.05 Å². The molecule has 0 aliphatic carbocycles. The van der Waals surface area contributed by atoms with Crippen molar-refractivity contribution >= 4 is 5.96 Å². The van der Waals surface area contributed by atoms with Gasteiger partial charge in [-0.3, -0.25) is 9.89 Å². The molecule has 146 valence electrons. The molecule has 3 heterocycles. The average Bonchev–Trinajstić information content (AvgIpc) is 3.42. The Morgan fingerprint density at radius 1 is 1.11 bits per heavy atom. The summed E-state index contributed by atoms with van der Waals surface area (Å²) < 4.78 is 10.4. The van der Waals surface area contributed by atoms with Crippen molar-refractivity contribution in [3.05, 3.63) is 60.2 Å². The van der Waals surface area contributed by atoms with Crippen molar-refractivity contribution in [2.45, 2.75) is 13.1 Å².